The fraction of sp³-hybridized carbons (Fsp3) is 0.417. The van der Waals surface area contributed by atoms with Crippen LogP contribution >= 0.6 is 0 Å². The van der Waals surface area contributed by atoms with Crippen LogP contribution in [0.4, 0.5) is 0 Å². The van der Waals surface area contributed by atoms with Crippen molar-refractivity contribution in [1.82, 2.24) is 5.32 Å². The monoisotopic (exact) mass is 221 g/mol. The maximum absolute atomic E-state index is 11.6. The van der Waals surface area contributed by atoms with E-state index in [1.165, 1.54) is 7.11 Å². The molecule has 86 valence electrons. The third-order valence-corrected chi connectivity index (χ3v) is 2.65. The van der Waals surface area contributed by atoms with Crippen LogP contribution in [-0.2, 0) is 14.3 Å². The van der Waals surface area contributed by atoms with Crippen molar-refractivity contribution >= 4 is 5.97 Å². The molecule has 1 N–H and O–H groups in total. The lowest BCUT2D eigenvalue weighted by atomic mass is 10.0. The largest absolute Gasteiger partial charge is 0.468 e. The lowest BCUT2D eigenvalue weighted by Crippen LogP contribution is -2.48. The number of morpholine rings is 1. The molecule has 1 aliphatic heterocycles. The number of hydrogen-bond donors (Lipinski definition) is 1. The zero-order chi connectivity index (χ0) is 11.4. The van der Waals surface area contributed by atoms with Crippen LogP contribution < -0.4 is 5.32 Å². The summed E-state index contributed by atoms with van der Waals surface area (Å²) in [6.45, 7) is 1.27. The van der Waals surface area contributed by atoms with Gasteiger partial charge in [-0.05, 0) is 5.56 Å². The molecule has 1 aromatic rings. The molecule has 0 radical (unpaired) electrons. The quantitative estimate of drug-likeness (QED) is 0.753. The Labute approximate surface area is 94.6 Å². The van der Waals surface area contributed by atoms with E-state index >= 15 is 0 Å². The van der Waals surface area contributed by atoms with E-state index in [4.69, 9.17) is 9.47 Å². The van der Waals surface area contributed by atoms with Crippen LogP contribution in [0.15, 0.2) is 30.3 Å². The summed E-state index contributed by atoms with van der Waals surface area (Å²) in [5.74, 6) is -0.284. The fourth-order valence-electron chi connectivity index (χ4n) is 1.87. The van der Waals surface area contributed by atoms with Gasteiger partial charge in [-0.1, -0.05) is 30.3 Å². The van der Waals surface area contributed by atoms with E-state index in [-0.39, 0.29) is 12.1 Å². The molecule has 1 heterocycles. The second kappa shape index (κ2) is 5.09. The highest BCUT2D eigenvalue weighted by atomic mass is 16.5. The number of nitrogens with one attached hydrogen (secondary N) is 1. The van der Waals surface area contributed by atoms with Crippen molar-refractivity contribution in [3.05, 3.63) is 35.9 Å². The zero-order valence-electron chi connectivity index (χ0n) is 9.18. The maximum Gasteiger partial charge on any atom is 0.325 e. The van der Waals surface area contributed by atoms with Crippen LogP contribution in [-0.4, -0.2) is 32.3 Å². The van der Waals surface area contributed by atoms with Gasteiger partial charge >= 0.3 is 5.97 Å². The third-order valence-electron chi connectivity index (χ3n) is 2.65. The molecular weight excluding hydrogens is 206 g/mol. The summed E-state index contributed by atoms with van der Waals surface area (Å²) >= 11 is 0. The molecule has 0 unspecified atom stereocenters. The normalized spacial score (nSPS) is 25.1. The van der Waals surface area contributed by atoms with E-state index in [1.54, 1.807) is 0 Å². The molecule has 4 nitrogen and oxygen atoms in total. The van der Waals surface area contributed by atoms with Crippen LogP contribution in [0.3, 0.4) is 0 Å². The number of esters is 1. The number of carbonyl (C=O) groups is 1. The molecular formula is C12H15NO3. The fourth-order valence-corrected chi connectivity index (χ4v) is 1.87. The summed E-state index contributed by atoms with van der Waals surface area (Å²) in [5, 5.41) is 3.12. The topological polar surface area (TPSA) is 47.6 Å². The van der Waals surface area contributed by atoms with Gasteiger partial charge in [-0.3, -0.25) is 10.1 Å². The Bertz CT molecular complexity index is 353. The van der Waals surface area contributed by atoms with E-state index in [2.05, 4.69) is 5.32 Å². The Kier molecular flexibility index (Phi) is 3.54. The Morgan fingerprint density at radius 3 is 2.88 bits per heavy atom. The molecule has 0 amide bonds. The average Bonchev–Trinajstić information content (AvgIpc) is 2.39. The summed E-state index contributed by atoms with van der Waals surface area (Å²) in [6.07, 6.45) is -0.262. The predicted molar refractivity (Wildman–Crippen MR) is 58.9 cm³/mol. The molecule has 2 rings (SSSR count). The van der Waals surface area contributed by atoms with Crippen LogP contribution in [0, 0.1) is 0 Å². The second-order valence-corrected chi connectivity index (χ2v) is 3.66. The SMILES string of the molecule is COC(=O)[C@@H]1NCCO[C@@H]1c1ccccc1. The van der Waals surface area contributed by atoms with E-state index in [0.29, 0.717) is 13.2 Å². The first-order valence-electron chi connectivity index (χ1n) is 5.30. The highest BCUT2D eigenvalue weighted by Crippen LogP contribution is 2.24. The van der Waals surface area contributed by atoms with Crippen LogP contribution in [0.2, 0.25) is 0 Å². The molecule has 0 bridgehead atoms. The molecule has 1 aliphatic rings. The van der Waals surface area contributed by atoms with Gasteiger partial charge in [-0.25, -0.2) is 0 Å². The van der Waals surface area contributed by atoms with E-state index in [1.807, 2.05) is 30.3 Å². The number of rotatable bonds is 2. The van der Waals surface area contributed by atoms with Gasteiger partial charge in [0.05, 0.1) is 13.7 Å². The van der Waals surface area contributed by atoms with Gasteiger partial charge in [0.15, 0.2) is 0 Å². The lowest BCUT2D eigenvalue weighted by Gasteiger charge is -2.31. The summed E-state index contributed by atoms with van der Waals surface area (Å²) in [7, 11) is 1.39. The van der Waals surface area contributed by atoms with E-state index < -0.39 is 6.04 Å². The molecule has 1 aromatic carbocycles. The number of benzene rings is 1. The third kappa shape index (κ3) is 2.23. The molecule has 16 heavy (non-hydrogen) atoms. The van der Waals surface area contributed by atoms with E-state index in [9.17, 15) is 4.79 Å². The van der Waals surface area contributed by atoms with Crippen molar-refractivity contribution in [2.24, 2.45) is 0 Å². The van der Waals surface area contributed by atoms with Crippen LogP contribution in [0.25, 0.3) is 0 Å². The van der Waals surface area contributed by atoms with Gasteiger partial charge in [0.2, 0.25) is 0 Å². The molecule has 0 aliphatic carbocycles. The number of hydrogen-bond acceptors (Lipinski definition) is 4. The van der Waals surface area contributed by atoms with Gasteiger partial charge in [-0.2, -0.15) is 0 Å². The zero-order valence-corrected chi connectivity index (χ0v) is 9.18. The summed E-state index contributed by atoms with van der Waals surface area (Å²) in [6, 6.07) is 9.29. The molecule has 1 saturated heterocycles. The van der Waals surface area contributed by atoms with Gasteiger partial charge in [0.1, 0.15) is 12.1 Å². The molecule has 0 spiro atoms. The number of ether oxygens (including phenoxy) is 2. The first kappa shape index (κ1) is 11.1. The number of methoxy groups -OCH3 is 1. The number of carbonyl (C=O) groups excluding carboxylic acids is 1. The Morgan fingerprint density at radius 1 is 1.44 bits per heavy atom. The van der Waals surface area contributed by atoms with Crippen molar-refractivity contribution in [2.45, 2.75) is 12.1 Å². The van der Waals surface area contributed by atoms with Crippen molar-refractivity contribution in [3.8, 4) is 0 Å². The van der Waals surface area contributed by atoms with Gasteiger partial charge in [-0.15, -0.1) is 0 Å². The van der Waals surface area contributed by atoms with Gasteiger partial charge < -0.3 is 9.47 Å². The predicted octanol–water partition coefficient (Wildman–Crippen LogP) is 0.889. The van der Waals surface area contributed by atoms with Gasteiger partial charge in [0.25, 0.3) is 0 Å². The molecule has 0 saturated carbocycles. The first-order chi connectivity index (χ1) is 7.83. The minimum Gasteiger partial charge on any atom is -0.468 e. The highest BCUT2D eigenvalue weighted by Gasteiger charge is 2.33. The Balaban J connectivity index is 2.20. The Morgan fingerprint density at radius 2 is 2.19 bits per heavy atom. The highest BCUT2D eigenvalue weighted by molar-refractivity contribution is 5.76. The maximum atomic E-state index is 11.6. The molecule has 1 fully saturated rings. The summed E-state index contributed by atoms with van der Waals surface area (Å²) < 4.78 is 10.4. The molecule has 0 aromatic heterocycles. The summed E-state index contributed by atoms with van der Waals surface area (Å²) in [5.41, 5.74) is 0.991. The molecule has 4 heteroatoms. The standard InChI is InChI=1S/C12H15NO3/c1-15-12(14)10-11(16-8-7-13-10)9-5-3-2-4-6-9/h2-6,10-11,13H,7-8H2,1H3/t10-,11-/m1/s1. The van der Waals surface area contributed by atoms with Gasteiger partial charge in [0, 0.05) is 6.54 Å². The van der Waals surface area contributed by atoms with Crippen molar-refractivity contribution < 1.29 is 14.3 Å². The minimum absolute atomic E-state index is 0.262. The molecule has 2 atom stereocenters. The minimum atomic E-state index is -0.416. The van der Waals surface area contributed by atoms with Crippen LogP contribution in [0.5, 0.6) is 0 Å². The average molecular weight is 221 g/mol. The summed E-state index contributed by atoms with van der Waals surface area (Å²) in [4.78, 5) is 11.6. The lowest BCUT2D eigenvalue weighted by molar-refractivity contribution is -0.150. The second-order valence-electron chi connectivity index (χ2n) is 3.66. The van der Waals surface area contributed by atoms with E-state index in [0.717, 1.165) is 5.56 Å². The Hall–Kier alpha value is -1.39. The van der Waals surface area contributed by atoms with Crippen molar-refractivity contribution in [3.63, 3.8) is 0 Å². The smallest absolute Gasteiger partial charge is 0.325 e. The van der Waals surface area contributed by atoms with Crippen molar-refractivity contribution in [2.75, 3.05) is 20.3 Å². The van der Waals surface area contributed by atoms with Crippen molar-refractivity contribution in [1.29, 1.82) is 0 Å². The van der Waals surface area contributed by atoms with Crippen LogP contribution in [0.1, 0.15) is 11.7 Å². The first-order valence-corrected chi connectivity index (χ1v) is 5.30.